The molecule has 0 radical (unpaired) electrons. The highest BCUT2D eigenvalue weighted by atomic mass is 19.1. The Bertz CT molecular complexity index is 637. The minimum atomic E-state index is -0.855. The van der Waals surface area contributed by atoms with E-state index in [1.54, 1.807) is 12.1 Å². The Labute approximate surface area is 133 Å². The maximum absolute atomic E-state index is 13.8. The van der Waals surface area contributed by atoms with Crippen molar-refractivity contribution >= 4 is 11.8 Å². The third kappa shape index (κ3) is 3.07. The number of carbonyl (C=O) groups excluding carboxylic acids is 2. The lowest BCUT2D eigenvalue weighted by Gasteiger charge is -2.33. The van der Waals surface area contributed by atoms with Gasteiger partial charge >= 0.3 is 0 Å². The number of amides is 2. The van der Waals surface area contributed by atoms with Gasteiger partial charge in [-0.2, -0.15) is 0 Å². The fourth-order valence-electron chi connectivity index (χ4n) is 3.22. The lowest BCUT2D eigenvalue weighted by molar-refractivity contribution is -0.148. The van der Waals surface area contributed by atoms with Crippen LogP contribution in [0.4, 0.5) is 4.39 Å². The van der Waals surface area contributed by atoms with Crippen LogP contribution in [-0.2, 0) is 16.1 Å². The molecule has 2 heterocycles. The van der Waals surface area contributed by atoms with Crippen LogP contribution >= 0.6 is 0 Å². The highest BCUT2D eigenvalue weighted by Crippen LogP contribution is 2.23. The van der Waals surface area contributed by atoms with E-state index in [4.69, 9.17) is 5.11 Å². The molecule has 1 aromatic rings. The molecule has 0 saturated carbocycles. The standard InChI is InChI=1S/C16H20FN3O3/c1-9-2-3-12(17)10(4-9)6-18-11-5-14-15(22)19-13(8-21)16(23)20(14)7-11/h2-4,11,13-14,18,21H,5-8H2,1H3,(H,19,22)/t11-,13+,14-/m0/s1. The molecule has 3 N–H and O–H groups in total. The van der Waals surface area contributed by atoms with E-state index in [9.17, 15) is 14.0 Å². The second-order valence-electron chi connectivity index (χ2n) is 6.16. The van der Waals surface area contributed by atoms with Gasteiger partial charge in [-0.1, -0.05) is 17.7 Å². The van der Waals surface area contributed by atoms with Crippen molar-refractivity contribution in [2.45, 2.75) is 38.0 Å². The zero-order valence-electron chi connectivity index (χ0n) is 12.9. The molecule has 0 unspecified atom stereocenters. The van der Waals surface area contributed by atoms with E-state index in [-0.39, 0.29) is 23.7 Å². The molecule has 2 fully saturated rings. The average Bonchev–Trinajstić information content (AvgIpc) is 2.97. The number of aliphatic hydroxyl groups excluding tert-OH is 1. The lowest BCUT2D eigenvalue weighted by atomic mass is 10.1. The molecule has 0 aliphatic carbocycles. The van der Waals surface area contributed by atoms with Crippen LogP contribution in [0.1, 0.15) is 17.5 Å². The summed E-state index contributed by atoms with van der Waals surface area (Å²) < 4.78 is 13.8. The Hall–Kier alpha value is -1.99. The predicted octanol–water partition coefficient (Wildman–Crippen LogP) is -0.316. The van der Waals surface area contributed by atoms with Crippen LogP contribution in [-0.4, -0.2) is 53.1 Å². The number of fused-ring (bicyclic) bond motifs is 1. The van der Waals surface area contributed by atoms with Crippen LogP contribution in [0.15, 0.2) is 18.2 Å². The van der Waals surface area contributed by atoms with Crippen molar-refractivity contribution in [3.8, 4) is 0 Å². The van der Waals surface area contributed by atoms with Gasteiger partial charge in [0.25, 0.3) is 0 Å². The first-order valence-electron chi connectivity index (χ1n) is 7.69. The smallest absolute Gasteiger partial charge is 0.248 e. The number of aliphatic hydroxyl groups is 1. The summed E-state index contributed by atoms with van der Waals surface area (Å²) in [6.45, 7) is 2.23. The number of hydrogen-bond donors (Lipinski definition) is 3. The first-order chi connectivity index (χ1) is 11.0. The molecule has 2 aliphatic heterocycles. The molecular formula is C16H20FN3O3. The second kappa shape index (κ2) is 6.25. The van der Waals surface area contributed by atoms with Gasteiger partial charge in [-0.3, -0.25) is 9.59 Å². The SMILES string of the molecule is Cc1ccc(F)c(CN[C@H]2C[C@H]3C(=O)N[C@H](CO)C(=O)N3C2)c1. The zero-order valence-corrected chi connectivity index (χ0v) is 12.9. The fourth-order valence-corrected chi connectivity index (χ4v) is 3.22. The molecule has 0 bridgehead atoms. The van der Waals surface area contributed by atoms with Gasteiger partial charge in [0.1, 0.15) is 17.9 Å². The first-order valence-corrected chi connectivity index (χ1v) is 7.69. The molecule has 7 heteroatoms. The van der Waals surface area contributed by atoms with Gasteiger partial charge in [0, 0.05) is 24.7 Å². The number of benzene rings is 1. The Morgan fingerprint density at radius 3 is 2.96 bits per heavy atom. The number of carbonyl (C=O) groups is 2. The molecular weight excluding hydrogens is 301 g/mol. The van der Waals surface area contributed by atoms with E-state index < -0.39 is 18.7 Å². The number of halogens is 1. The summed E-state index contributed by atoms with van der Waals surface area (Å²) >= 11 is 0. The number of nitrogens with one attached hydrogen (secondary N) is 2. The summed E-state index contributed by atoms with van der Waals surface area (Å²) in [5, 5.41) is 14.9. The number of nitrogens with zero attached hydrogens (tertiary/aromatic N) is 1. The molecule has 3 atom stereocenters. The van der Waals surface area contributed by atoms with E-state index in [1.807, 2.05) is 6.92 Å². The number of aryl methyl sites for hydroxylation is 1. The second-order valence-corrected chi connectivity index (χ2v) is 6.16. The van der Waals surface area contributed by atoms with Gasteiger partial charge in [-0.15, -0.1) is 0 Å². The van der Waals surface area contributed by atoms with Gasteiger partial charge in [0.2, 0.25) is 11.8 Å². The summed E-state index contributed by atoms with van der Waals surface area (Å²) in [5.74, 6) is -0.772. The van der Waals surface area contributed by atoms with E-state index >= 15 is 0 Å². The van der Waals surface area contributed by atoms with Crippen molar-refractivity contribution < 1.29 is 19.1 Å². The Kier molecular flexibility index (Phi) is 4.32. The van der Waals surface area contributed by atoms with Crippen LogP contribution in [0.3, 0.4) is 0 Å². The maximum atomic E-state index is 13.8. The Balaban J connectivity index is 1.64. The number of hydrogen-bond acceptors (Lipinski definition) is 4. The van der Waals surface area contributed by atoms with E-state index in [0.717, 1.165) is 5.56 Å². The Morgan fingerprint density at radius 2 is 2.22 bits per heavy atom. The molecule has 0 spiro atoms. The van der Waals surface area contributed by atoms with Crippen molar-refractivity contribution in [2.24, 2.45) is 0 Å². The van der Waals surface area contributed by atoms with Crippen molar-refractivity contribution in [2.75, 3.05) is 13.2 Å². The van der Waals surface area contributed by atoms with Crippen LogP contribution < -0.4 is 10.6 Å². The van der Waals surface area contributed by atoms with Gasteiger partial charge in [0.05, 0.1) is 6.61 Å². The van der Waals surface area contributed by atoms with E-state index in [1.165, 1.54) is 11.0 Å². The van der Waals surface area contributed by atoms with Gasteiger partial charge < -0.3 is 20.6 Å². The predicted molar refractivity (Wildman–Crippen MR) is 80.9 cm³/mol. The van der Waals surface area contributed by atoms with Gasteiger partial charge in [-0.25, -0.2) is 4.39 Å². The van der Waals surface area contributed by atoms with Crippen LogP contribution in [0.25, 0.3) is 0 Å². The molecule has 2 amide bonds. The van der Waals surface area contributed by atoms with Crippen molar-refractivity contribution in [1.29, 1.82) is 0 Å². The number of piperazine rings is 1. The minimum Gasteiger partial charge on any atom is -0.394 e. The molecule has 0 aromatic heterocycles. The van der Waals surface area contributed by atoms with Crippen molar-refractivity contribution in [3.05, 3.63) is 35.1 Å². The van der Waals surface area contributed by atoms with Crippen LogP contribution in [0.2, 0.25) is 0 Å². The number of rotatable bonds is 4. The summed E-state index contributed by atoms with van der Waals surface area (Å²) in [4.78, 5) is 25.7. The molecule has 23 heavy (non-hydrogen) atoms. The highest BCUT2D eigenvalue weighted by molar-refractivity contribution is 5.97. The quantitative estimate of drug-likeness (QED) is 0.710. The maximum Gasteiger partial charge on any atom is 0.248 e. The first kappa shape index (κ1) is 15.9. The molecule has 3 rings (SSSR count). The van der Waals surface area contributed by atoms with E-state index in [2.05, 4.69) is 10.6 Å². The molecule has 2 saturated heterocycles. The third-order valence-electron chi connectivity index (χ3n) is 4.47. The molecule has 1 aromatic carbocycles. The topological polar surface area (TPSA) is 81.7 Å². The lowest BCUT2D eigenvalue weighted by Crippen LogP contribution is -2.62. The molecule has 124 valence electrons. The third-order valence-corrected chi connectivity index (χ3v) is 4.47. The molecule has 6 nitrogen and oxygen atoms in total. The van der Waals surface area contributed by atoms with Gasteiger partial charge in [-0.05, 0) is 19.4 Å². The van der Waals surface area contributed by atoms with E-state index in [0.29, 0.717) is 25.1 Å². The van der Waals surface area contributed by atoms with Gasteiger partial charge in [0.15, 0.2) is 0 Å². The minimum absolute atomic E-state index is 0.0768. The normalized spacial score (nSPS) is 27.1. The largest absolute Gasteiger partial charge is 0.394 e. The summed E-state index contributed by atoms with van der Waals surface area (Å²) in [6.07, 6.45) is 0.489. The molecule has 2 aliphatic rings. The average molecular weight is 321 g/mol. The van der Waals surface area contributed by atoms with Crippen LogP contribution in [0.5, 0.6) is 0 Å². The summed E-state index contributed by atoms with van der Waals surface area (Å²) in [7, 11) is 0. The summed E-state index contributed by atoms with van der Waals surface area (Å²) in [6, 6.07) is 3.49. The fraction of sp³-hybridized carbons (Fsp3) is 0.500. The highest BCUT2D eigenvalue weighted by Gasteiger charge is 2.46. The summed E-state index contributed by atoms with van der Waals surface area (Å²) in [5.41, 5.74) is 1.55. The van der Waals surface area contributed by atoms with Crippen LogP contribution in [0, 0.1) is 12.7 Å². The Morgan fingerprint density at radius 1 is 1.43 bits per heavy atom. The van der Waals surface area contributed by atoms with Crippen molar-refractivity contribution in [3.63, 3.8) is 0 Å². The monoisotopic (exact) mass is 321 g/mol. The zero-order chi connectivity index (χ0) is 16.6. The van der Waals surface area contributed by atoms with Crippen molar-refractivity contribution in [1.82, 2.24) is 15.5 Å².